The van der Waals surface area contributed by atoms with E-state index in [9.17, 15) is 9.90 Å². The standard InChI is InChI=1S/C17H29N3O4/c1-5-23-11-15(21)10-19-6-8-20(9-7-19)17(22)12(2)16-13(3)18-24-14(16)4/h12,15,21H,5-11H2,1-4H3. The molecule has 2 atom stereocenters. The minimum absolute atomic E-state index is 0.110. The molecule has 1 saturated heterocycles. The summed E-state index contributed by atoms with van der Waals surface area (Å²) in [6, 6.07) is 0. The molecule has 1 aromatic heterocycles. The number of carbonyl (C=O) groups is 1. The van der Waals surface area contributed by atoms with E-state index in [-0.39, 0.29) is 11.8 Å². The second-order valence-corrected chi connectivity index (χ2v) is 6.40. The quantitative estimate of drug-likeness (QED) is 0.796. The van der Waals surface area contributed by atoms with E-state index in [1.165, 1.54) is 0 Å². The van der Waals surface area contributed by atoms with Gasteiger partial charge in [0.15, 0.2) is 0 Å². The average Bonchev–Trinajstić information content (AvgIpc) is 2.91. The molecule has 2 unspecified atom stereocenters. The van der Waals surface area contributed by atoms with Gasteiger partial charge in [0, 0.05) is 44.9 Å². The highest BCUT2D eigenvalue weighted by Gasteiger charge is 2.29. The van der Waals surface area contributed by atoms with Crippen LogP contribution in [0.3, 0.4) is 0 Å². The molecule has 0 saturated carbocycles. The van der Waals surface area contributed by atoms with Crippen LogP contribution in [0.25, 0.3) is 0 Å². The smallest absolute Gasteiger partial charge is 0.230 e. The monoisotopic (exact) mass is 339 g/mol. The summed E-state index contributed by atoms with van der Waals surface area (Å²) >= 11 is 0. The zero-order chi connectivity index (χ0) is 17.7. The number of piperazine rings is 1. The SMILES string of the molecule is CCOCC(O)CN1CCN(C(=O)C(C)c2c(C)noc2C)CC1. The maximum Gasteiger partial charge on any atom is 0.230 e. The Kier molecular flexibility index (Phi) is 6.77. The van der Waals surface area contributed by atoms with Gasteiger partial charge in [-0.1, -0.05) is 5.16 Å². The minimum atomic E-state index is -0.478. The van der Waals surface area contributed by atoms with Crippen molar-refractivity contribution >= 4 is 5.91 Å². The summed E-state index contributed by atoms with van der Waals surface area (Å²) < 4.78 is 10.4. The lowest BCUT2D eigenvalue weighted by molar-refractivity contribution is -0.134. The van der Waals surface area contributed by atoms with Crippen LogP contribution in [-0.2, 0) is 9.53 Å². The lowest BCUT2D eigenvalue weighted by atomic mass is 9.97. The summed E-state index contributed by atoms with van der Waals surface area (Å²) in [5.74, 6) is 0.580. The number of hydrogen-bond donors (Lipinski definition) is 1. The van der Waals surface area contributed by atoms with E-state index in [1.807, 2.05) is 32.6 Å². The van der Waals surface area contributed by atoms with E-state index < -0.39 is 6.10 Å². The van der Waals surface area contributed by atoms with Crippen molar-refractivity contribution in [1.29, 1.82) is 0 Å². The van der Waals surface area contributed by atoms with Gasteiger partial charge in [-0.25, -0.2) is 0 Å². The van der Waals surface area contributed by atoms with E-state index in [4.69, 9.17) is 9.26 Å². The normalized spacial score (nSPS) is 18.6. The molecule has 1 aliphatic heterocycles. The molecule has 1 amide bonds. The molecule has 0 spiro atoms. The van der Waals surface area contributed by atoms with Crippen LogP contribution >= 0.6 is 0 Å². The molecule has 24 heavy (non-hydrogen) atoms. The summed E-state index contributed by atoms with van der Waals surface area (Å²) in [5, 5.41) is 13.9. The first-order valence-corrected chi connectivity index (χ1v) is 8.63. The van der Waals surface area contributed by atoms with Crippen LogP contribution in [-0.4, -0.2) is 78.0 Å². The number of rotatable bonds is 7. The predicted octanol–water partition coefficient (Wildman–Crippen LogP) is 0.937. The van der Waals surface area contributed by atoms with Crippen LogP contribution in [0.5, 0.6) is 0 Å². The Morgan fingerprint density at radius 2 is 2.00 bits per heavy atom. The Labute approximate surface area is 143 Å². The van der Waals surface area contributed by atoms with Crippen molar-refractivity contribution in [3.05, 3.63) is 17.0 Å². The van der Waals surface area contributed by atoms with Crippen molar-refractivity contribution in [2.45, 2.75) is 39.7 Å². The van der Waals surface area contributed by atoms with Gasteiger partial charge in [0.1, 0.15) is 5.76 Å². The van der Waals surface area contributed by atoms with Gasteiger partial charge in [-0.2, -0.15) is 0 Å². The highest BCUT2D eigenvalue weighted by atomic mass is 16.5. The Hall–Kier alpha value is -1.44. The molecule has 7 nitrogen and oxygen atoms in total. The Morgan fingerprint density at radius 3 is 2.54 bits per heavy atom. The minimum Gasteiger partial charge on any atom is -0.389 e. The van der Waals surface area contributed by atoms with Crippen LogP contribution in [0.1, 0.15) is 36.8 Å². The molecule has 2 rings (SSSR count). The third-order valence-electron chi connectivity index (χ3n) is 4.56. The highest BCUT2D eigenvalue weighted by Crippen LogP contribution is 2.25. The summed E-state index contributed by atoms with van der Waals surface area (Å²) in [6.45, 7) is 12.0. The Morgan fingerprint density at radius 1 is 1.33 bits per heavy atom. The maximum absolute atomic E-state index is 12.7. The van der Waals surface area contributed by atoms with E-state index in [0.717, 1.165) is 24.3 Å². The fourth-order valence-electron chi connectivity index (χ4n) is 3.26. The first-order chi connectivity index (χ1) is 11.4. The first kappa shape index (κ1) is 18.9. The van der Waals surface area contributed by atoms with Crippen LogP contribution in [0.15, 0.2) is 4.52 Å². The fourth-order valence-corrected chi connectivity index (χ4v) is 3.26. The van der Waals surface area contributed by atoms with E-state index in [1.54, 1.807) is 0 Å². The van der Waals surface area contributed by atoms with E-state index in [0.29, 0.717) is 38.6 Å². The molecular formula is C17H29N3O4. The molecule has 2 heterocycles. The number of amides is 1. The summed E-state index contributed by atoms with van der Waals surface area (Å²) in [7, 11) is 0. The number of aliphatic hydroxyl groups is 1. The van der Waals surface area contributed by atoms with Gasteiger partial charge < -0.3 is 19.3 Å². The molecule has 0 bridgehead atoms. The van der Waals surface area contributed by atoms with Crippen molar-refractivity contribution in [3.8, 4) is 0 Å². The maximum atomic E-state index is 12.7. The first-order valence-electron chi connectivity index (χ1n) is 8.63. The number of ether oxygens (including phenoxy) is 1. The Bertz CT molecular complexity index is 518. The number of aromatic nitrogens is 1. The number of hydrogen-bond acceptors (Lipinski definition) is 6. The van der Waals surface area contributed by atoms with Gasteiger partial charge in [0.05, 0.1) is 24.3 Å². The summed E-state index contributed by atoms with van der Waals surface area (Å²) in [5.41, 5.74) is 1.68. The third-order valence-corrected chi connectivity index (χ3v) is 4.56. The van der Waals surface area contributed by atoms with Gasteiger partial charge in [-0.3, -0.25) is 9.69 Å². The summed E-state index contributed by atoms with van der Waals surface area (Å²) in [4.78, 5) is 16.8. The molecule has 1 aromatic rings. The van der Waals surface area contributed by atoms with Crippen molar-refractivity contribution in [3.63, 3.8) is 0 Å². The van der Waals surface area contributed by atoms with E-state index in [2.05, 4.69) is 10.1 Å². The van der Waals surface area contributed by atoms with Gasteiger partial charge in [-0.15, -0.1) is 0 Å². The van der Waals surface area contributed by atoms with Gasteiger partial charge in [-0.05, 0) is 27.7 Å². The molecular weight excluding hydrogens is 310 g/mol. The van der Waals surface area contributed by atoms with Crippen molar-refractivity contribution < 1.29 is 19.2 Å². The second kappa shape index (κ2) is 8.60. The van der Waals surface area contributed by atoms with Gasteiger partial charge in [0.2, 0.25) is 5.91 Å². The van der Waals surface area contributed by atoms with Crippen molar-refractivity contribution in [1.82, 2.24) is 15.0 Å². The average molecular weight is 339 g/mol. The van der Waals surface area contributed by atoms with Gasteiger partial charge >= 0.3 is 0 Å². The molecule has 1 aliphatic rings. The Balaban J connectivity index is 1.84. The molecule has 0 aromatic carbocycles. The highest BCUT2D eigenvalue weighted by molar-refractivity contribution is 5.84. The lowest BCUT2D eigenvalue weighted by Gasteiger charge is -2.36. The second-order valence-electron chi connectivity index (χ2n) is 6.40. The van der Waals surface area contributed by atoms with Crippen molar-refractivity contribution in [2.75, 3.05) is 45.9 Å². The fraction of sp³-hybridized carbons (Fsp3) is 0.765. The predicted molar refractivity (Wildman–Crippen MR) is 89.9 cm³/mol. The van der Waals surface area contributed by atoms with Crippen LogP contribution in [0.2, 0.25) is 0 Å². The largest absolute Gasteiger partial charge is 0.389 e. The van der Waals surface area contributed by atoms with Crippen LogP contribution in [0.4, 0.5) is 0 Å². The zero-order valence-electron chi connectivity index (χ0n) is 15.1. The molecule has 1 fully saturated rings. The van der Waals surface area contributed by atoms with Crippen molar-refractivity contribution in [2.24, 2.45) is 0 Å². The zero-order valence-corrected chi connectivity index (χ0v) is 15.1. The molecule has 136 valence electrons. The molecule has 0 radical (unpaired) electrons. The number of β-amino-alcohol motifs (C(OH)–C–C–N with tert-alkyl or cyclic N) is 1. The lowest BCUT2D eigenvalue weighted by Crippen LogP contribution is -2.51. The topological polar surface area (TPSA) is 79.0 Å². The number of aryl methyl sites for hydroxylation is 2. The summed E-state index contributed by atoms with van der Waals surface area (Å²) in [6.07, 6.45) is -0.478. The molecule has 1 N–H and O–H groups in total. The number of nitrogens with zero attached hydrogens (tertiary/aromatic N) is 3. The number of carbonyl (C=O) groups excluding carboxylic acids is 1. The van der Waals surface area contributed by atoms with Crippen LogP contribution in [0, 0.1) is 13.8 Å². The number of aliphatic hydroxyl groups excluding tert-OH is 1. The van der Waals surface area contributed by atoms with Gasteiger partial charge in [0.25, 0.3) is 0 Å². The third kappa shape index (κ3) is 4.55. The molecule has 0 aliphatic carbocycles. The van der Waals surface area contributed by atoms with E-state index >= 15 is 0 Å². The molecule has 7 heteroatoms. The van der Waals surface area contributed by atoms with Crippen LogP contribution < -0.4 is 0 Å².